The maximum Gasteiger partial charge on any atom is 1.00 e. The summed E-state index contributed by atoms with van der Waals surface area (Å²) >= 11 is 0. The van der Waals surface area contributed by atoms with Gasteiger partial charge < -0.3 is 15.7 Å². The summed E-state index contributed by atoms with van der Waals surface area (Å²) in [5.41, 5.74) is 3.97. The number of benzene rings is 3. The van der Waals surface area contributed by atoms with Crippen molar-refractivity contribution in [3.8, 4) is 5.75 Å². The molecule has 0 saturated carbocycles. The van der Waals surface area contributed by atoms with Crippen molar-refractivity contribution < 1.29 is 34.7 Å². The second-order valence-electron chi connectivity index (χ2n) is 4.72. The Morgan fingerprint density at radius 2 is 0.864 bits per heavy atom. The number of nitrogens with one attached hydrogen (secondary N) is 2. The average Bonchev–Trinajstić information content (AvgIpc) is 2.53. The van der Waals surface area contributed by atoms with E-state index < -0.39 is 0 Å². The summed E-state index contributed by atoms with van der Waals surface area (Å²) in [5, 5.41) is 17.6. The normalized spacial score (nSPS) is 9.64. The van der Waals surface area contributed by atoms with Gasteiger partial charge in [0.2, 0.25) is 0 Å². The van der Waals surface area contributed by atoms with Crippen LogP contribution in [0.2, 0.25) is 0 Å². The van der Waals surface area contributed by atoms with E-state index in [1.807, 2.05) is 54.6 Å². The van der Waals surface area contributed by atoms with E-state index >= 15 is 0 Å². The molecule has 0 aliphatic rings. The third-order valence-corrected chi connectivity index (χ3v) is 3.09. The molecule has 0 atom stereocenters. The third-order valence-electron chi connectivity index (χ3n) is 3.09. The Balaban J connectivity index is 0.00000176. The van der Waals surface area contributed by atoms with Gasteiger partial charge in [-0.05, 0) is 48.5 Å². The van der Waals surface area contributed by atoms with Gasteiger partial charge in [-0.1, -0.05) is 30.3 Å². The van der Waals surface area contributed by atoms with Crippen LogP contribution in [0.1, 0.15) is 0 Å². The van der Waals surface area contributed by atoms with E-state index in [2.05, 4.69) is 10.6 Å². The minimum Gasteiger partial charge on any atom is -0.872 e. The second kappa shape index (κ2) is 7.90. The molecule has 3 aromatic rings. The van der Waals surface area contributed by atoms with Gasteiger partial charge in [-0.25, -0.2) is 0 Å². The van der Waals surface area contributed by atoms with Crippen LogP contribution >= 0.6 is 0 Å². The van der Waals surface area contributed by atoms with E-state index in [0.29, 0.717) is 0 Å². The van der Waals surface area contributed by atoms with Gasteiger partial charge in [0.25, 0.3) is 0 Å². The number of rotatable bonds is 4. The molecule has 2 N–H and O–H groups in total. The fourth-order valence-corrected chi connectivity index (χ4v) is 2.03. The van der Waals surface area contributed by atoms with E-state index in [1.165, 1.54) is 0 Å². The SMILES string of the molecule is [Na+].[O-]c1ccc(Nc2ccc(Nc3ccccc3)cc2)cc1. The number of para-hydroxylation sites is 1. The summed E-state index contributed by atoms with van der Waals surface area (Å²) in [6.07, 6.45) is 0. The third kappa shape index (κ3) is 4.53. The summed E-state index contributed by atoms with van der Waals surface area (Å²) in [5.74, 6) is 0.0166. The first kappa shape index (κ1) is 16.4. The molecule has 0 saturated heterocycles. The molecule has 3 rings (SSSR count). The van der Waals surface area contributed by atoms with E-state index in [0.717, 1.165) is 22.7 Å². The first-order valence-electron chi connectivity index (χ1n) is 6.76. The molecular weight excluding hydrogens is 283 g/mol. The van der Waals surface area contributed by atoms with Gasteiger partial charge in [0, 0.05) is 22.7 Å². The molecule has 0 radical (unpaired) electrons. The van der Waals surface area contributed by atoms with Gasteiger partial charge in [-0.2, -0.15) is 0 Å². The van der Waals surface area contributed by atoms with E-state index in [-0.39, 0.29) is 35.3 Å². The van der Waals surface area contributed by atoms with Gasteiger partial charge in [0.1, 0.15) is 0 Å². The van der Waals surface area contributed by atoms with Crippen molar-refractivity contribution in [2.24, 2.45) is 0 Å². The molecule has 0 amide bonds. The predicted molar refractivity (Wildman–Crippen MR) is 85.3 cm³/mol. The van der Waals surface area contributed by atoms with Crippen LogP contribution in [0.25, 0.3) is 0 Å². The van der Waals surface area contributed by atoms with E-state index in [9.17, 15) is 5.11 Å². The van der Waals surface area contributed by atoms with Gasteiger partial charge >= 0.3 is 29.6 Å². The molecule has 0 spiro atoms. The minimum absolute atomic E-state index is 0. The Bertz CT molecular complexity index is 697. The summed E-state index contributed by atoms with van der Waals surface area (Å²) in [6, 6.07) is 24.7. The maximum absolute atomic E-state index is 11.1. The smallest absolute Gasteiger partial charge is 0.872 e. The zero-order valence-corrected chi connectivity index (χ0v) is 14.4. The zero-order chi connectivity index (χ0) is 14.5. The summed E-state index contributed by atoms with van der Waals surface area (Å²) in [6.45, 7) is 0. The summed E-state index contributed by atoms with van der Waals surface area (Å²) in [4.78, 5) is 0. The fourth-order valence-electron chi connectivity index (χ4n) is 2.03. The van der Waals surface area contributed by atoms with Gasteiger partial charge in [0.05, 0.1) is 0 Å². The largest absolute Gasteiger partial charge is 1.00 e. The van der Waals surface area contributed by atoms with Crippen LogP contribution in [-0.2, 0) is 0 Å². The van der Waals surface area contributed by atoms with Crippen molar-refractivity contribution in [1.82, 2.24) is 0 Å². The topological polar surface area (TPSA) is 47.1 Å². The Morgan fingerprint density at radius 3 is 1.32 bits per heavy atom. The van der Waals surface area contributed by atoms with Crippen molar-refractivity contribution in [2.75, 3.05) is 10.6 Å². The Kier molecular flexibility index (Phi) is 5.90. The second-order valence-corrected chi connectivity index (χ2v) is 4.72. The van der Waals surface area contributed by atoms with Gasteiger partial charge in [-0.3, -0.25) is 0 Å². The van der Waals surface area contributed by atoms with Crippen LogP contribution in [0, 0.1) is 0 Å². The quantitative estimate of drug-likeness (QED) is 0.713. The van der Waals surface area contributed by atoms with Gasteiger partial charge in [0.15, 0.2) is 0 Å². The average molecular weight is 298 g/mol. The first-order valence-corrected chi connectivity index (χ1v) is 6.76. The van der Waals surface area contributed by atoms with Crippen LogP contribution in [0.15, 0.2) is 78.9 Å². The van der Waals surface area contributed by atoms with Crippen molar-refractivity contribution in [2.45, 2.75) is 0 Å². The molecule has 3 nitrogen and oxygen atoms in total. The van der Waals surface area contributed by atoms with Crippen molar-refractivity contribution in [1.29, 1.82) is 0 Å². The Morgan fingerprint density at radius 1 is 0.500 bits per heavy atom. The predicted octanol–water partition coefficient (Wildman–Crippen LogP) is 1.25. The summed E-state index contributed by atoms with van der Waals surface area (Å²) < 4.78 is 0. The molecule has 0 aliphatic carbocycles. The van der Waals surface area contributed by atoms with Crippen LogP contribution in [0.4, 0.5) is 22.7 Å². The minimum atomic E-state index is 0. The molecule has 0 heterocycles. The zero-order valence-electron chi connectivity index (χ0n) is 12.4. The first-order chi connectivity index (χ1) is 10.3. The molecule has 0 unspecified atom stereocenters. The maximum atomic E-state index is 11.1. The molecule has 0 fully saturated rings. The van der Waals surface area contributed by atoms with Crippen molar-refractivity contribution in [3.63, 3.8) is 0 Å². The van der Waals surface area contributed by atoms with Crippen LogP contribution in [-0.4, -0.2) is 0 Å². The molecule has 22 heavy (non-hydrogen) atoms. The van der Waals surface area contributed by atoms with Crippen LogP contribution in [0.5, 0.6) is 5.75 Å². The molecule has 0 aromatic heterocycles. The van der Waals surface area contributed by atoms with Crippen LogP contribution < -0.4 is 45.3 Å². The van der Waals surface area contributed by atoms with E-state index in [4.69, 9.17) is 0 Å². The summed E-state index contributed by atoms with van der Waals surface area (Å²) in [7, 11) is 0. The molecule has 0 aliphatic heterocycles. The van der Waals surface area contributed by atoms with Gasteiger partial charge in [-0.15, -0.1) is 5.75 Å². The number of hydrogen-bond acceptors (Lipinski definition) is 3. The molecule has 104 valence electrons. The van der Waals surface area contributed by atoms with Crippen molar-refractivity contribution in [3.05, 3.63) is 78.9 Å². The molecule has 3 aromatic carbocycles. The molecular formula is C18H15N2NaO. The molecule has 0 bridgehead atoms. The Labute approximate surface area is 152 Å². The van der Waals surface area contributed by atoms with Crippen LogP contribution in [0.3, 0.4) is 0 Å². The standard InChI is InChI=1S/C18H16N2O.Na/c21-18-12-10-17(11-13-18)20-16-8-6-15(7-9-16)19-14-4-2-1-3-5-14;/h1-13,19-21H;/q;+1/p-1. The Hall–Kier alpha value is -1.94. The van der Waals surface area contributed by atoms with E-state index in [1.54, 1.807) is 24.3 Å². The number of anilines is 4. The fraction of sp³-hybridized carbons (Fsp3) is 0. The monoisotopic (exact) mass is 298 g/mol. The number of hydrogen-bond donors (Lipinski definition) is 2. The van der Waals surface area contributed by atoms with Crippen molar-refractivity contribution >= 4 is 22.7 Å². The molecule has 4 heteroatoms.